The van der Waals surface area contributed by atoms with E-state index in [1.165, 1.54) is 31.4 Å². The number of methoxy groups -OCH3 is 1. The van der Waals surface area contributed by atoms with Crippen molar-refractivity contribution in [3.63, 3.8) is 0 Å². The molecule has 2 aliphatic heterocycles. The highest BCUT2D eigenvalue weighted by Gasteiger charge is 2.43. The number of imide groups is 1. The molecule has 0 aromatic heterocycles. The van der Waals surface area contributed by atoms with Crippen LogP contribution in [0.5, 0.6) is 0 Å². The lowest BCUT2D eigenvalue weighted by atomic mass is 9.87. The van der Waals surface area contributed by atoms with Crippen molar-refractivity contribution in [2.75, 3.05) is 18.4 Å². The van der Waals surface area contributed by atoms with Crippen LogP contribution in [0.4, 0.5) is 5.69 Å². The minimum absolute atomic E-state index is 0.0199. The van der Waals surface area contributed by atoms with Crippen LogP contribution in [0.15, 0.2) is 64.5 Å². The molecule has 2 aromatic rings. The second-order valence-electron chi connectivity index (χ2n) is 9.54. The molecule has 2 heterocycles. The number of carbonyl (C=O) groups is 2. The molecular weight excluding hydrogens is 502 g/mol. The first-order chi connectivity index (χ1) is 16.9. The lowest BCUT2D eigenvalue weighted by Gasteiger charge is -2.26. The van der Waals surface area contributed by atoms with Gasteiger partial charge in [-0.3, -0.25) is 14.3 Å². The number of hydrogen-bond donors (Lipinski definition) is 2. The quantitative estimate of drug-likeness (QED) is 0.521. The largest absolute Gasteiger partial charge is 0.499 e. The van der Waals surface area contributed by atoms with Gasteiger partial charge >= 0.3 is 0 Å². The van der Waals surface area contributed by atoms with E-state index in [2.05, 4.69) is 10.0 Å². The van der Waals surface area contributed by atoms with Crippen molar-refractivity contribution < 1.29 is 22.7 Å². The fourth-order valence-corrected chi connectivity index (χ4v) is 5.63. The van der Waals surface area contributed by atoms with Crippen LogP contribution in [0.25, 0.3) is 0 Å². The molecule has 190 valence electrons. The molecule has 0 radical (unpaired) electrons. The van der Waals surface area contributed by atoms with Crippen LogP contribution in [0.2, 0.25) is 5.02 Å². The van der Waals surface area contributed by atoms with Gasteiger partial charge in [0.1, 0.15) is 5.76 Å². The third kappa shape index (κ3) is 4.37. The minimum atomic E-state index is -4.05. The summed E-state index contributed by atoms with van der Waals surface area (Å²) in [5.41, 5.74) is 1.72. The van der Waals surface area contributed by atoms with Crippen molar-refractivity contribution in [3.8, 4) is 0 Å². The molecule has 0 aliphatic carbocycles. The number of nitrogens with zero attached hydrogens (tertiary/aromatic N) is 1. The molecular formula is C26H28ClN3O5S. The molecule has 2 N–H and O–H groups in total. The molecule has 2 aromatic carbocycles. The van der Waals surface area contributed by atoms with Crippen molar-refractivity contribution in [1.82, 2.24) is 10.2 Å². The van der Waals surface area contributed by atoms with Gasteiger partial charge < -0.3 is 10.1 Å². The summed E-state index contributed by atoms with van der Waals surface area (Å²) in [5, 5.41) is 3.07. The van der Waals surface area contributed by atoms with Crippen LogP contribution in [0, 0.1) is 0 Å². The average molecular weight is 530 g/mol. The number of hydrogen-bond acceptors (Lipinski definition) is 6. The first kappa shape index (κ1) is 25.8. The van der Waals surface area contributed by atoms with E-state index in [4.69, 9.17) is 16.3 Å². The maximum Gasteiger partial charge on any atom is 0.268 e. The maximum atomic E-state index is 13.6. The SMILES string of the molecule is CCC1=C(OC)CNC=C1N1C(=O)c2c(Cl)ccc(NS(=O)(=O)c3ccc(C(C)(C)C)cc3)c2C1=O. The summed E-state index contributed by atoms with van der Waals surface area (Å²) in [7, 11) is -2.53. The van der Waals surface area contributed by atoms with E-state index in [9.17, 15) is 18.0 Å². The van der Waals surface area contributed by atoms with Crippen LogP contribution in [-0.4, -0.2) is 38.8 Å². The van der Waals surface area contributed by atoms with E-state index < -0.39 is 21.8 Å². The van der Waals surface area contributed by atoms with Gasteiger partial charge in [0.25, 0.3) is 21.8 Å². The van der Waals surface area contributed by atoms with E-state index in [1.54, 1.807) is 18.3 Å². The van der Waals surface area contributed by atoms with Crippen molar-refractivity contribution in [3.05, 3.63) is 81.3 Å². The van der Waals surface area contributed by atoms with Gasteiger partial charge in [-0.15, -0.1) is 0 Å². The number of anilines is 1. The molecule has 2 amide bonds. The van der Waals surface area contributed by atoms with E-state index in [0.29, 0.717) is 30.0 Å². The van der Waals surface area contributed by atoms with Gasteiger partial charge in [0.05, 0.1) is 46.1 Å². The van der Waals surface area contributed by atoms with Gasteiger partial charge in [0.2, 0.25) is 0 Å². The van der Waals surface area contributed by atoms with Crippen LogP contribution in [-0.2, 0) is 20.2 Å². The molecule has 36 heavy (non-hydrogen) atoms. The highest BCUT2D eigenvalue weighted by Crippen LogP contribution is 2.39. The molecule has 8 nitrogen and oxygen atoms in total. The van der Waals surface area contributed by atoms with E-state index >= 15 is 0 Å². The van der Waals surface area contributed by atoms with E-state index in [0.717, 1.165) is 10.5 Å². The highest BCUT2D eigenvalue weighted by atomic mass is 35.5. The number of nitrogens with one attached hydrogen (secondary N) is 2. The minimum Gasteiger partial charge on any atom is -0.499 e. The Morgan fingerprint density at radius 3 is 2.28 bits per heavy atom. The number of fused-ring (bicyclic) bond motifs is 1. The Balaban J connectivity index is 1.74. The summed E-state index contributed by atoms with van der Waals surface area (Å²) < 4.78 is 34.3. The summed E-state index contributed by atoms with van der Waals surface area (Å²) in [6.45, 7) is 8.42. The number of allylic oxidation sites excluding steroid dienone is 1. The summed E-state index contributed by atoms with van der Waals surface area (Å²) in [5.74, 6) is -0.696. The molecule has 10 heteroatoms. The third-order valence-electron chi connectivity index (χ3n) is 6.25. The molecule has 0 unspecified atom stereocenters. The van der Waals surface area contributed by atoms with Gasteiger partial charge in [-0.05, 0) is 41.7 Å². The zero-order chi connectivity index (χ0) is 26.4. The molecule has 0 bridgehead atoms. The summed E-state index contributed by atoms with van der Waals surface area (Å²) in [6.07, 6.45) is 2.10. The second-order valence-corrected chi connectivity index (χ2v) is 11.6. The van der Waals surface area contributed by atoms with Crippen LogP contribution < -0.4 is 10.0 Å². The number of benzene rings is 2. The number of sulfonamides is 1. The molecule has 0 saturated carbocycles. The highest BCUT2D eigenvalue weighted by molar-refractivity contribution is 7.92. The Bertz CT molecular complexity index is 1420. The Hall–Kier alpha value is -3.30. The molecule has 4 rings (SSSR count). The summed E-state index contributed by atoms with van der Waals surface area (Å²) in [4.78, 5) is 28.1. The van der Waals surface area contributed by atoms with Gasteiger partial charge in [-0.1, -0.05) is 51.4 Å². The van der Waals surface area contributed by atoms with E-state index in [1.807, 2.05) is 27.7 Å². The van der Waals surface area contributed by atoms with Crippen LogP contribution in [0.1, 0.15) is 60.4 Å². The van der Waals surface area contributed by atoms with Crippen molar-refractivity contribution in [2.24, 2.45) is 0 Å². The molecule has 0 saturated heterocycles. The van der Waals surface area contributed by atoms with Crippen molar-refractivity contribution in [1.29, 1.82) is 0 Å². The Morgan fingerprint density at radius 2 is 1.69 bits per heavy atom. The van der Waals surface area contributed by atoms with Gasteiger partial charge in [-0.25, -0.2) is 13.3 Å². The molecule has 2 aliphatic rings. The van der Waals surface area contributed by atoms with Crippen LogP contribution in [0.3, 0.4) is 0 Å². The Kier molecular flexibility index (Phi) is 6.66. The predicted octanol–water partition coefficient (Wildman–Crippen LogP) is 4.79. The Labute approximate surface area is 216 Å². The summed E-state index contributed by atoms with van der Waals surface area (Å²) in [6, 6.07) is 9.34. The van der Waals surface area contributed by atoms with E-state index in [-0.39, 0.29) is 32.1 Å². The first-order valence-corrected chi connectivity index (χ1v) is 13.3. The summed E-state index contributed by atoms with van der Waals surface area (Å²) >= 11 is 6.33. The number of ether oxygens (including phenoxy) is 1. The lowest BCUT2D eigenvalue weighted by Crippen LogP contribution is -2.34. The van der Waals surface area contributed by atoms with Crippen LogP contribution >= 0.6 is 11.6 Å². The molecule has 0 spiro atoms. The fourth-order valence-electron chi connectivity index (χ4n) is 4.32. The maximum absolute atomic E-state index is 13.6. The second kappa shape index (κ2) is 9.29. The van der Waals surface area contributed by atoms with Gasteiger partial charge in [0.15, 0.2) is 0 Å². The number of rotatable bonds is 6. The monoisotopic (exact) mass is 529 g/mol. The lowest BCUT2D eigenvalue weighted by molar-refractivity contribution is 0.0704. The number of carbonyl (C=O) groups excluding carboxylic acids is 2. The third-order valence-corrected chi connectivity index (χ3v) is 7.95. The number of halogens is 1. The average Bonchev–Trinajstić information content (AvgIpc) is 3.10. The molecule has 0 atom stereocenters. The first-order valence-electron chi connectivity index (χ1n) is 11.4. The topological polar surface area (TPSA) is 105 Å². The smallest absolute Gasteiger partial charge is 0.268 e. The van der Waals surface area contributed by atoms with Gasteiger partial charge in [0, 0.05) is 11.8 Å². The normalized spacial score (nSPS) is 16.1. The number of dihydropyridines is 1. The van der Waals surface area contributed by atoms with Crippen molar-refractivity contribution >= 4 is 39.1 Å². The van der Waals surface area contributed by atoms with Crippen molar-refractivity contribution in [2.45, 2.75) is 44.4 Å². The zero-order valence-electron chi connectivity index (χ0n) is 20.7. The zero-order valence-corrected chi connectivity index (χ0v) is 22.3. The standard InChI is InChI=1S/C26H28ClN3O5S/c1-6-17-20(13-28-14-21(17)35-5)30-24(31)22-18(27)11-12-19(23(22)25(30)32)29-36(33,34)16-9-7-15(8-10-16)26(2,3)4/h7-13,28-29H,6,14H2,1-5H3. The predicted molar refractivity (Wildman–Crippen MR) is 138 cm³/mol. The fraction of sp³-hybridized carbons (Fsp3) is 0.308. The van der Waals surface area contributed by atoms with Gasteiger partial charge in [-0.2, -0.15) is 0 Å². The molecule has 0 fully saturated rings. The number of amides is 2. The Morgan fingerprint density at radius 1 is 1.06 bits per heavy atom.